The fourth-order valence-corrected chi connectivity index (χ4v) is 7.66. The van der Waals surface area contributed by atoms with Gasteiger partial charge in [-0.3, -0.25) is 29.2 Å². The van der Waals surface area contributed by atoms with E-state index in [1.807, 2.05) is 11.1 Å². The number of carbonyl (C=O) groups excluding carboxylic acids is 4. The van der Waals surface area contributed by atoms with Crippen LogP contribution in [0.3, 0.4) is 0 Å². The van der Waals surface area contributed by atoms with Gasteiger partial charge in [0.25, 0.3) is 11.8 Å². The van der Waals surface area contributed by atoms with Crippen molar-refractivity contribution in [2.24, 2.45) is 22.6 Å². The van der Waals surface area contributed by atoms with E-state index in [-0.39, 0.29) is 60.5 Å². The number of nitrogens with zero attached hydrogens (tertiary/aromatic N) is 3. The van der Waals surface area contributed by atoms with E-state index in [1.54, 1.807) is 42.9 Å². The van der Waals surface area contributed by atoms with Crippen LogP contribution in [0.25, 0.3) is 16.7 Å². The number of halogens is 2. The number of aromatic nitrogens is 1. The van der Waals surface area contributed by atoms with E-state index in [1.165, 1.54) is 24.3 Å². The zero-order valence-electron chi connectivity index (χ0n) is 29.5. The lowest BCUT2D eigenvalue weighted by atomic mass is 9.82. The molecule has 0 spiro atoms. The lowest BCUT2D eigenvalue weighted by Crippen LogP contribution is -2.55. The van der Waals surface area contributed by atoms with Gasteiger partial charge in [-0.05, 0) is 85.1 Å². The maximum Gasteiger partial charge on any atom is 0.254 e. The molecule has 2 fully saturated rings. The van der Waals surface area contributed by atoms with E-state index in [2.05, 4.69) is 25.9 Å². The molecular formula is C40H45F2N7O4. The molecule has 3 atom stereocenters. The van der Waals surface area contributed by atoms with Crippen LogP contribution in [0, 0.1) is 23.5 Å². The number of amides is 4. The van der Waals surface area contributed by atoms with Crippen LogP contribution < -0.4 is 21.7 Å². The first-order chi connectivity index (χ1) is 25.7. The van der Waals surface area contributed by atoms with E-state index in [0.29, 0.717) is 24.1 Å². The number of allylic oxidation sites excluding steroid dienone is 1. The molecule has 3 heterocycles. The molecule has 3 aromatic rings. The number of benzene rings is 2. The zero-order chi connectivity index (χ0) is 37.3. The van der Waals surface area contributed by atoms with Crippen LogP contribution in [-0.4, -0.2) is 78.0 Å². The van der Waals surface area contributed by atoms with E-state index in [4.69, 9.17) is 5.73 Å². The number of likely N-dealkylation sites (tertiary alicyclic amines) is 1. The molecule has 1 aromatic heterocycles. The quantitative estimate of drug-likeness (QED) is 0.199. The monoisotopic (exact) mass is 725 g/mol. The predicted molar refractivity (Wildman–Crippen MR) is 198 cm³/mol. The molecule has 1 aliphatic carbocycles. The first-order valence-electron chi connectivity index (χ1n) is 18.3. The van der Waals surface area contributed by atoms with Gasteiger partial charge >= 0.3 is 0 Å². The maximum absolute atomic E-state index is 15.0. The fourth-order valence-electron chi connectivity index (χ4n) is 7.66. The minimum atomic E-state index is -0.707. The van der Waals surface area contributed by atoms with Crippen LogP contribution in [0.4, 0.5) is 8.78 Å². The first kappa shape index (κ1) is 37.5. The van der Waals surface area contributed by atoms with E-state index >= 15 is 0 Å². The Bertz CT molecular complexity index is 1880. The van der Waals surface area contributed by atoms with Crippen LogP contribution in [-0.2, 0) is 9.59 Å². The molecule has 0 radical (unpaired) electrons. The topological polar surface area (TPSA) is 159 Å². The van der Waals surface area contributed by atoms with Gasteiger partial charge in [0.05, 0.1) is 17.7 Å². The van der Waals surface area contributed by atoms with Gasteiger partial charge in [-0.2, -0.15) is 0 Å². The average Bonchev–Trinajstić information content (AvgIpc) is 3.69. The van der Waals surface area contributed by atoms with E-state index < -0.39 is 29.5 Å². The van der Waals surface area contributed by atoms with Crippen LogP contribution in [0.2, 0.25) is 0 Å². The largest absolute Gasteiger partial charge is 0.350 e. The molecule has 278 valence electrons. The number of carbonyl (C=O) groups is 4. The van der Waals surface area contributed by atoms with Crippen molar-refractivity contribution in [1.82, 2.24) is 25.8 Å². The number of nitrogens with one attached hydrogen (secondary N) is 3. The highest BCUT2D eigenvalue weighted by molar-refractivity contribution is 5.97. The fraction of sp³-hybridized carbons (Fsp3) is 0.400. The number of rotatable bonds is 12. The molecule has 13 heteroatoms. The van der Waals surface area contributed by atoms with Crippen molar-refractivity contribution < 1.29 is 28.0 Å². The molecule has 11 nitrogen and oxygen atoms in total. The summed E-state index contributed by atoms with van der Waals surface area (Å²) in [5.41, 5.74) is 8.08. The van der Waals surface area contributed by atoms with Gasteiger partial charge in [0.1, 0.15) is 17.7 Å². The van der Waals surface area contributed by atoms with Crippen molar-refractivity contribution in [2.75, 3.05) is 26.2 Å². The molecule has 0 bridgehead atoms. The number of hydrogen-bond donors (Lipinski definition) is 4. The van der Waals surface area contributed by atoms with Crippen molar-refractivity contribution in [1.29, 1.82) is 0 Å². The Hall–Kier alpha value is -5.30. The predicted octanol–water partition coefficient (Wildman–Crippen LogP) is 4.63. The third-order valence-corrected chi connectivity index (χ3v) is 10.4. The van der Waals surface area contributed by atoms with Gasteiger partial charge in [0, 0.05) is 62.0 Å². The summed E-state index contributed by atoms with van der Waals surface area (Å²) in [5.74, 6) is -3.17. The molecule has 1 unspecified atom stereocenters. The van der Waals surface area contributed by atoms with Crippen molar-refractivity contribution in [3.05, 3.63) is 95.4 Å². The van der Waals surface area contributed by atoms with Gasteiger partial charge in [0.2, 0.25) is 11.8 Å². The van der Waals surface area contributed by atoms with Gasteiger partial charge in [-0.1, -0.05) is 37.5 Å². The van der Waals surface area contributed by atoms with E-state index in [9.17, 15) is 28.0 Å². The highest BCUT2D eigenvalue weighted by Crippen LogP contribution is 2.35. The number of nitrogens with two attached hydrogens (primary N) is 1. The van der Waals surface area contributed by atoms with Crippen LogP contribution in [0.5, 0.6) is 0 Å². The maximum atomic E-state index is 15.0. The zero-order valence-corrected chi connectivity index (χ0v) is 29.5. The summed E-state index contributed by atoms with van der Waals surface area (Å²) in [6, 6.07) is 11.3. The summed E-state index contributed by atoms with van der Waals surface area (Å²) in [6.07, 6.45) is 13.9. The minimum Gasteiger partial charge on any atom is -0.350 e. The summed E-state index contributed by atoms with van der Waals surface area (Å²) < 4.78 is 29.5. The number of hydrogen-bond acceptors (Lipinski definition) is 7. The highest BCUT2D eigenvalue weighted by atomic mass is 19.1. The Kier molecular flexibility index (Phi) is 12.4. The Morgan fingerprint density at radius 1 is 0.849 bits per heavy atom. The second kappa shape index (κ2) is 17.5. The molecule has 2 aliphatic heterocycles. The van der Waals surface area contributed by atoms with Crippen molar-refractivity contribution in [3.8, 4) is 11.1 Å². The van der Waals surface area contributed by atoms with E-state index in [0.717, 1.165) is 56.1 Å². The lowest BCUT2D eigenvalue weighted by Gasteiger charge is -2.37. The van der Waals surface area contributed by atoms with Gasteiger partial charge in [-0.25, -0.2) is 8.78 Å². The number of pyridine rings is 1. The molecule has 2 aromatic carbocycles. The van der Waals surface area contributed by atoms with Crippen molar-refractivity contribution in [3.63, 3.8) is 0 Å². The summed E-state index contributed by atoms with van der Waals surface area (Å²) in [6.45, 7) is 0.370. The van der Waals surface area contributed by atoms with Crippen molar-refractivity contribution >= 4 is 35.4 Å². The Morgan fingerprint density at radius 3 is 2.19 bits per heavy atom. The van der Waals surface area contributed by atoms with Crippen LogP contribution in [0.1, 0.15) is 77.6 Å². The Morgan fingerprint density at radius 2 is 1.53 bits per heavy atom. The smallest absolute Gasteiger partial charge is 0.254 e. The molecule has 4 amide bonds. The normalized spacial score (nSPS) is 19.3. The molecule has 5 N–H and O–H groups in total. The van der Waals surface area contributed by atoms with Crippen LogP contribution >= 0.6 is 0 Å². The highest BCUT2D eigenvalue weighted by Gasteiger charge is 2.41. The Labute approximate surface area is 307 Å². The molecule has 3 aliphatic rings. The molecular weight excluding hydrogens is 680 g/mol. The Balaban J connectivity index is 1.06. The molecule has 6 rings (SSSR count). The summed E-state index contributed by atoms with van der Waals surface area (Å²) in [4.78, 5) is 62.7. The standard InChI is InChI=1S/C40H45F2N7O4/c41-33-12-10-26(28-8-4-14-44-22-28)19-31(33)38(51)46-15-16-47-39(52)32-20-27(11-13-34(32)42)29-18-30(24-45-23-29)35-9-5-17-49(35)40(53)37(48-36(50)21-43)25-6-2-1-3-7-25/h4,8,10-14,19-20,22-25,30,35,37H,1-3,5-7,9,15-18,21,43H2,(H,46,51)(H,47,52)(H,48,50)/t30?,35-,37-/m0/s1. The molecule has 1 saturated heterocycles. The van der Waals surface area contributed by atoms with Crippen molar-refractivity contribution in [2.45, 2.75) is 63.5 Å². The first-order valence-corrected chi connectivity index (χ1v) is 18.3. The summed E-state index contributed by atoms with van der Waals surface area (Å²) in [5, 5.41) is 8.15. The van der Waals surface area contributed by atoms with Gasteiger partial charge < -0.3 is 26.6 Å². The third kappa shape index (κ3) is 9.02. The molecule has 1 saturated carbocycles. The average molecular weight is 726 g/mol. The summed E-state index contributed by atoms with van der Waals surface area (Å²) in [7, 11) is 0. The number of aliphatic imine (C=N–C) groups is 1. The van der Waals surface area contributed by atoms with Gasteiger partial charge in [0.15, 0.2) is 0 Å². The lowest BCUT2D eigenvalue weighted by molar-refractivity contribution is -0.139. The SMILES string of the molecule is NCC(=O)N[C@H](C(=O)N1CCC[C@H]1C1C=NC=C(c2ccc(F)c(C(=O)NCCNC(=O)c3cc(-c4cccnc4)ccc3F)c2)C1)C1CCCCC1. The second-order valence-electron chi connectivity index (χ2n) is 13.9. The third-order valence-electron chi connectivity index (χ3n) is 10.4. The van der Waals surface area contributed by atoms with Crippen LogP contribution in [0.15, 0.2) is 72.1 Å². The summed E-state index contributed by atoms with van der Waals surface area (Å²) >= 11 is 0. The molecule has 53 heavy (non-hydrogen) atoms. The van der Waals surface area contributed by atoms with Gasteiger partial charge in [-0.15, -0.1) is 0 Å². The minimum absolute atomic E-state index is 0.0158. The second-order valence-corrected chi connectivity index (χ2v) is 13.9.